The highest BCUT2D eigenvalue weighted by atomic mass is 16.7. The quantitative estimate of drug-likeness (QED) is 0.796. The van der Waals surface area contributed by atoms with Crippen molar-refractivity contribution in [2.45, 2.75) is 57.8 Å². The lowest BCUT2D eigenvalue weighted by atomic mass is 9.84. The first-order valence-electron chi connectivity index (χ1n) is 7.89. The molecule has 1 saturated heterocycles. The molecule has 6 heteroatoms. The van der Waals surface area contributed by atoms with Gasteiger partial charge in [-0.3, -0.25) is 0 Å². The summed E-state index contributed by atoms with van der Waals surface area (Å²) in [5.41, 5.74) is 0.0242. The molecule has 1 aromatic rings. The SMILES string of the molecule is CN(C)c1cc(OC2CC2)cc(B2OC(C)(C)C(C)(C)O2)n1. The van der Waals surface area contributed by atoms with Gasteiger partial charge in [0.05, 0.1) is 22.9 Å². The predicted octanol–water partition coefficient (Wildman–Crippen LogP) is 1.99. The number of aromatic nitrogens is 1. The Morgan fingerprint density at radius 3 is 2.23 bits per heavy atom. The standard InChI is InChI=1S/C16H25BN2O3/c1-15(2)16(3,4)22-17(21-15)13-9-12(20-11-7-8-11)10-14(18-13)19(5)6/h9-11H,7-8H2,1-6H3. The van der Waals surface area contributed by atoms with E-state index in [0.29, 0.717) is 6.10 Å². The first-order chi connectivity index (χ1) is 10.2. The fraction of sp³-hybridized carbons (Fsp3) is 0.688. The molecule has 2 fully saturated rings. The van der Waals surface area contributed by atoms with Gasteiger partial charge in [0.25, 0.3) is 0 Å². The van der Waals surface area contributed by atoms with Crippen LogP contribution in [-0.2, 0) is 9.31 Å². The Morgan fingerprint density at radius 2 is 1.73 bits per heavy atom. The topological polar surface area (TPSA) is 43.8 Å². The smallest absolute Gasteiger partial charge is 0.490 e. The van der Waals surface area contributed by atoms with Crippen LogP contribution in [0.15, 0.2) is 12.1 Å². The molecular formula is C16H25BN2O3. The molecule has 1 saturated carbocycles. The van der Waals surface area contributed by atoms with Crippen molar-refractivity contribution in [3.63, 3.8) is 0 Å². The van der Waals surface area contributed by atoms with E-state index in [1.165, 1.54) is 0 Å². The molecule has 1 aliphatic heterocycles. The normalized spacial score (nSPS) is 22.7. The first kappa shape index (κ1) is 15.6. The molecule has 0 amide bonds. The summed E-state index contributed by atoms with van der Waals surface area (Å²) in [4.78, 5) is 6.64. The van der Waals surface area contributed by atoms with Crippen molar-refractivity contribution < 1.29 is 14.0 Å². The molecule has 3 rings (SSSR count). The summed E-state index contributed by atoms with van der Waals surface area (Å²) in [5, 5.41) is 0. The van der Waals surface area contributed by atoms with Crippen LogP contribution in [0.4, 0.5) is 5.82 Å². The van der Waals surface area contributed by atoms with Crippen LogP contribution in [0, 0.1) is 0 Å². The van der Waals surface area contributed by atoms with E-state index in [2.05, 4.69) is 4.98 Å². The van der Waals surface area contributed by atoms with Crippen LogP contribution >= 0.6 is 0 Å². The highest BCUT2D eigenvalue weighted by Gasteiger charge is 2.52. The Labute approximate surface area is 133 Å². The monoisotopic (exact) mass is 304 g/mol. The van der Waals surface area contributed by atoms with Gasteiger partial charge in [-0.15, -0.1) is 0 Å². The van der Waals surface area contributed by atoms with Gasteiger partial charge in [-0.05, 0) is 46.6 Å². The second-order valence-corrected chi connectivity index (χ2v) is 7.39. The van der Waals surface area contributed by atoms with E-state index in [0.717, 1.165) is 30.0 Å². The maximum Gasteiger partial charge on any atom is 0.514 e. The highest BCUT2D eigenvalue weighted by molar-refractivity contribution is 6.61. The van der Waals surface area contributed by atoms with Crippen molar-refractivity contribution in [1.29, 1.82) is 0 Å². The molecule has 1 aromatic heterocycles. The Kier molecular flexibility index (Phi) is 3.65. The number of rotatable bonds is 4. The van der Waals surface area contributed by atoms with Crippen LogP contribution in [-0.4, -0.2) is 43.5 Å². The van der Waals surface area contributed by atoms with Gasteiger partial charge in [0.1, 0.15) is 11.6 Å². The van der Waals surface area contributed by atoms with Crippen molar-refractivity contribution in [1.82, 2.24) is 4.98 Å². The number of ether oxygens (including phenoxy) is 1. The maximum absolute atomic E-state index is 6.10. The van der Waals surface area contributed by atoms with Crippen molar-refractivity contribution >= 4 is 18.5 Å². The molecule has 1 aliphatic carbocycles. The predicted molar refractivity (Wildman–Crippen MR) is 87.9 cm³/mol. The van der Waals surface area contributed by atoms with Gasteiger partial charge in [-0.25, -0.2) is 4.98 Å². The summed E-state index contributed by atoms with van der Waals surface area (Å²) in [6, 6.07) is 3.90. The lowest BCUT2D eigenvalue weighted by Gasteiger charge is -2.32. The summed E-state index contributed by atoms with van der Waals surface area (Å²) in [5.74, 6) is 1.69. The second kappa shape index (κ2) is 5.13. The zero-order chi connectivity index (χ0) is 16.1. The summed E-state index contributed by atoms with van der Waals surface area (Å²) < 4.78 is 18.1. The van der Waals surface area contributed by atoms with Crippen LogP contribution in [0.3, 0.4) is 0 Å². The Hall–Kier alpha value is -1.27. The van der Waals surface area contributed by atoms with Gasteiger partial charge in [0, 0.05) is 20.2 Å². The lowest BCUT2D eigenvalue weighted by Crippen LogP contribution is -2.41. The molecule has 0 bridgehead atoms. The number of hydrogen-bond donors (Lipinski definition) is 0. The average molecular weight is 304 g/mol. The van der Waals surface area contributed by atoms with Crippen LogP contribution in [0.25, 0.3) is 0 Å². The largest absolute Gasteiger partial charge is 0.514 e. The third-order valence-corrected chi connectivity index (χ3v) is 4.59. The number of hydrogen-bond acceptors (Lipinski definition) is 5. The third-order valence-electron chi connectivity index (χ3n) is 4.59. The van der Waals surface area contributed by atoms with Crippen LogP contribution in [0.1, 0.15) is 40.5 Å². The van der Waals surface area contributed by atoms with Crippen LogP contribution in [0.5, 0.6) is 5.75 Å². The minimum absolute atomic E-state index is 0.351. The minimum Gasteiger partial charge on any atom is -0.490 e. The minimum atomic E-state index is -0.466. The Balaban J connectivity index is 1.90. The fourth-order valence-electron chi connectivity index (χ4n) is 2.27. The first-order valence-corrected chi connectivity index (χ1v) is 7.89. The maximum atomic E-state index is 6.10. The molecule has 0 unspecified atom stereocenters. The van der Waals surface area contributed by atoms with E-state index < -0.39 is 7.12 Å². The third kappa shape index (κ3) is 2.94. The number of nitrogens with zero attached hydrogens (tertiary/aromatic N) is 2. The van der Waals surface area contributed by atoms with E-state index >= 15 is 0 Å². The summed E-state index contributed by atoms with van der Waals surface area (Å²) in [7, 11) is 3.47. The highest BCUT2D eigenvalue weighted by Crippen LogP contribution is 2.37. The zero-order valence-corrected chi connectivity index (χ0v) is 14.3. The molecule has 5 nitrogen and oxygen atoms in total. The molecule has 0 spiro atoms. The van der Waals surface area contributed by atoms with Crippen molar-refractivity contribution in [2.24, 2.45) is 0 Å². The number of pyridine rings is 1. The van der Waals surface area contributed by atoms with E-state index in [9.17, 15) is 0 Å². The van der Waals surface area contributed by atoms with E-state index in [-0.39, 0.29) is 11.2 Å². The molecule has 2 aliphatic rings. The van der Waals surface area contributed by atoms with Gasteiger partial charge in [-0.1, -0.05) is 0 Å². The molecule has 2 heterocycles. The van der Waals surface area contributed by atoms with E-state index in [1.54, 1.807) is 0 Å². The molecular weight excluding hydrogens is 279 g/mol. The summed E-state index contributed by atoms with van der Waals surface area (Å²) in [6.07, 6.45) is 2.61. The molecule has 120 valence electrons. The molecule has 0 aromatic carbocycles. The van der Waals surface area contributed by atoms with Crippen LogP contribution in [0.2, 0.25) is 0 Å². The van der Waals surface area contributed by atoms with Gasteiger partial charge < -0.3 is 18.9 Å². The molecule has 0 N–H and O–H groups in total. The van der Waals surface area contributed by atoms with Gasteiger partial charge in [0.2, 0.25) is 0 Å². The van der Waals surface area contributed by atoms with E-state index in [1.807, 2.05) is 58.8 Å². The summed E-state index contributed by atoms with van der Waals surface area (Å²) in [6.45, 7) is 8.18. The molecule has 0 radical (unpaired) electrons. The zero-order valence-electron chi connectivity index (χ0n) is 14.3. The molecule has 22 heavy (non-hydrogen) atoms. The second-order valence-electron chi connectivity index (χ2n) is 7.39. The van der Waals surface area contributed by atoms with Gasteiger partial charge in [-0.2, -0.15) is 0 Å². The van der Waals surface area contributed by atoms with Gasteiger partial charge >= 0.3 is 7.12 Å². The summed E-state index contributed by atoms with van der Waals surface area (Å²) >= 11 is 0. The average Bonchev–Trinajstić information content (AvgIpc) is 3.16. The van der Waals surface area contributed by atoms with Crippen molar-refractivity contribution in [2.75, 3.05) is 19.0 Å². The van der Waals surface area contributed by atoms with E-state index in [4.69, 9.17) is 14.0 Å². The van der Waals surface area contributed by atoms with Crippen molar-refractivity contribution in [3.05, 3.63) is 12.1 Å². The van der Waals surface area contributed by atoms with Crippen molar-refractivity contribution in [3.8, 4) is 5.75 Å². The van der Waals surface area contributed by atoms with Crippen LogP contribution < -0.4 is 15.2 Å². The lowest BCUT2D eigenvalue weighted by molar-refractivity contribution is 0.00578. The number of anilines is 1. The Bertz CT molecular complexity index is 555. The fourth-order valence-corrected chi connectivity index (χ4v) is 2.27. The van der Waals surface area contributed by atoms with Gasteiger partial charge in [0.15, 0.2) is 0 Å². The molecule has 0 atom stereocenters. The Morgan fingerprint density at radius 1 is 1.14 bits per heavy atom.